The summed E-state index contributed by atoms with van der Waals surface area (Å²) in [6.45, 7) is 3.99. The fourth-order valence-electron chi connectivity index (χ4n) is 1.89. The molecule has 1 saturated heterocycles. The maximum absolute atomic E-state index is 11.0. The van der Waals surface area contributed by atoms with Crippen molar-refractivity contribution in [2.45, 2.75) is 31.0 Å². The number of carboxylic acid groups (broad SMARTS) is 1. The lowest BCUT2D eigenvalue weighted by molar-refractivity contribution is -0.873. The van der Waals surface area contributed by atoms with Crippen molar-refractivity contribution < 1.29 is 14.4 Å². The smallest absolute Gasteiger partial charge is 0.257 e. The van der Waals surface area contributed by atoms with Crippen molar-refractivity contribution in [3.05, 3.63) is 0 Å². The number of hydrogen-bond acceptors (Lipinski definition) is 2. The van der Waals surface area contributed by atoms with Gasteiger partial charge in [0.05, 0.1) is 19.6 Å². The Morgan fingerprint density at radius 1 is 1.54 bits per heavy atom. The summed E-state index contributed by atoms with van der Waals surface area (Å²) < 4.78 is 0.141. The van der Waals surface area contributed by atoms with Gasteiger partial charge >= 0.3 is 0 Å². The van der Waals surface area contributed by atoms with Crippen LogP contribution in [0.15, 0.2) is 0 Å². The molecule has 0 aromatic carbocycles. The average Bonchev–Trinajstić information content (AvgIpc) is 2.28. The van der Waals surface area contributed by atoms with E-state index in [4.69, 9.17) is 0 Å². The quantitative estimate of drug-likeness (QED) is 0.516. The zero-order chi connectivity index (χ0) is 9.90. The van der Waals surface area contributed by atoms with Gasteiger partial charge in [-0.2, -0.15) is 0 Å². The molecular formula is C9H16BrNO2. The topological polar surface area (TPSA) is 40.1 Å². The molecule has 1 fully saturated rings. The number of carbonyl (C=O) groups is 1. The minimum absolute atomic E-state index is 0.141. The second-order valence-electron chi connectivity index (χ2n) is 3.70. The summed E-state index contributed by atoms with van der Waals surface area (Å²) >= 11 is 3.54. The molecule has 1 aliphatic rings. The molecule has 0 bridgehead atoms. The third kappa shape index (κ3) is 2.44. The van der Waals surface area contributed by atoms with Crippen molar-refractivity contribution in [3.63, 3.8) is 0 Å². The van der Waals surface area contributed by atoms with Crippen molar-refractivity contribution in [2.24, 2.45) is 0 Å². The third-order valence-electron chi connectivity index (χ3n) is 2.97. The van der Waals surface area contributed by atoms with Crippen LogP contribution in [0, 0.1) is 0 Å². The molecule has 0 aliphatic carbocycles. The molecule has 0 N–H and O–H groups in total. The van der Waals surface area contributed by atoms with Gasteiger partial charge in [-0.3, -0.25) is 4.48 Å². The van der Waals surface area contributed by atoms with Crippen LogP contribution in [-0.4, -0.2) is 35.0 Å². The van der Waals surface area contributed by atoms with Gasteiger partial charge in [0.25, 0.3) is 6.09 Å². The highest BCUT2D eigenvalue weighted by molar-refractivity contribution is 9.09. The molecule has 4 heteroatoms. The van der Waals surface area contributed by atoms with E-state index in [9.17, 15) is 9.90 Å². The summed E-state index contributed by atoms with van der Waals surface area (Å²) in [6, 6.07) is 0. The molecule has 2 unspecified atom stereocenters. The van der Waals surface area contributed by atoms with E-state index >= 15 is 0 Å². The molecule has 3 nitrogen and oxygen atoms in total. The van der Waals surface area contributed by atoms with Crippen LogP contribution in [0.25, 0.3) is 0 Å². The summed E-state index contributed by atoms with van der Waals surface area (Å²) in [4.78, 5) is 11.5. The Morgan fingerprint density at radius 3 is 2.77 bits per heavy atom. The average molecular weight is 250 g/mol. The monoisotopic (exact) mass is 249 g/mol. The standard InChI is InChI=1S/C9H16BrNO2/c1-2-11(9(12)13)6-3-4-8(10)5-7-11/h8H,2-7H2,1H3. The van der Waals surface area contributed by atoms with Crippen molar-refractivity contribution in [1.29, 1.82) is 0 Å². The SMILES string of the molecule is CC[N+]1(C(=O)[O-])CCCC(Br)CC1. The van der Waals surface area contributed by atoms with E-state index in [1.165, 1.54) is 0 Å². The maximum Gasteiger partial charge on any atom is 0.257 e. The van der Waals surface area contributed by atoms with Crippen LogP contribution in [0.3, 0.4) is 0 Å². The van der Waals surface area contributed by atoms with Gasteiger partial charge in [-0.25, -0.2) is 0 Å². The van der Waals surface area contributed by atoms with Gasteiger partial charge in [-0.05, 0) is 19.8 Å². The Labute approximate surface area is 87.4 Å². The Bertz CT molecular complexity index is 198. The van der Waals surface area contributed by atoms with Crippen molar-refractivity contribution in [2.75, 3.05) is 19.6 Å². The molecule has 2 atom stereocenters. The normalized spacial score (nSPS) is 35.4. The number of likely N-dealkylation sites (tertiary alicyclic amines) is 1. The van der Waals surface area contributed by atoms with Gasteiger partial charge in [0, 0.05) is 11.2 Å². The first-order chi connectivity index (χ1) is 6.10. The molecule has 76 valence electrons. The van der Waals surface area contributed by atoms with Gasteiger partial charge in [0.1, 0.15) is 0 Å². The molecular weight excluding hydrogens is 234 g/mol. The summed E-state index contributed by atoms with van der Waals surface area (Å²) in [7, 11) is 0. The minimum atomic E-state index is -0.913. The number of alkyl halides is 1. The first-order valence-electron chi connectivity index (χ1n) is 4.82. The number of quaternary nitrogens is 1. The van der Waals surface area contributed by atoms with Crippen molar-refractivity contribution >= 4 is 22.0 Å². The van der Waals surface area contributed by atoms with Crippen LogP contribution >= 0.6 is 15.9 Å². The molecule has 1 amide bonds. The predicted octanol–water partition coefficient (Wildman–Crippen LogP) is 1.11. The lowest BCUT2D eigenvalue weighted by Crippen LogP contribution is -2.59. The summed E-state index contributed by atoms with van der Waals surface area (Å²) in [5, 5.41) is 11.0. The van der Waals surface area contributed by atoms with Gasteiger partial charge in [-0.15, -0.1) is 0 Å². The molecule has 0 radical (unpaired) electrons. The molecule has 0 spiro atoms. The van der Waals surface area contributed by atoms with Gasteiger partial charge in [0.2, 0.25) is 0 Å². The fourth-order valence-corrected chi connectivity index (χ4v) is 2.42. The van der Waals surface area contributed by atoms with Crippen LogP contribution in [0.5, 0.6) is 0 Å². The molecule has 0 saturated carbocycles. The van der Waals surface area contributed by atoms with Crippen molar-refractivity contribution in [1.82, 2.24) is 0 Å². The van der Waals surface area contributed by atoms with E-state index in [-0.39, 0.29) is 4.48 Å². The zero-order valence-corrected chi connectivity index (χ0v) is 9.55. The van der Waals surface area contributed by atoms with E-state index in [2.05, 4.69) is 15.9 Å². The Hall–Kier alpha value is -0.0900. The van der Waals surface area contributed by atoms with E-state index < -0.39 is 6.09 Å². The van der Waals surface area contributed by atoms with Gasteiger partial charge in [0.15, 0.2) is 0 Å². The molecule has 0 aromatic rings. The Balaban J connectivity index is 2.69. The third-order valence-corrected chi connectivity index (χ3v) is 3.88. The predicted molar refractivity (Wildman–Crippen MR) is 52.5 cm³/mol. The van der Waals surface area contributed by atoms with E-state index in [0.717, 1.165) is 25.8 Å². The number of carbonyl (C=O) groups excluding carboxylic acids is 1. The first kappa shape index (κ1) is 11.0. The molecule has 1 aliphatic heterocycles. The number of halogens is 1. The molecule has 1 heterocycles. The second kappa shape index (κ2) is 4.42. The van der Waals surface area contributed by atoms with Crippen LogP contribution in [0.2, 0.25) is 0 Å². The van der Waals surface area contributed by atoms with Crippen molar-refractivity contribution in [3.8, 4) is 0 Å². The van der Waals surface area contributed by atoms with E-state index in [1.807, 2.05) is 6.92 Å². The van der Waals surface area contributed by atoms with Crippen LogP contribution in [0.1, 0.15) is 26.2 Å². The van der Waals surface area contributed by atoms with E-state index in [0.29, 0.717) is 17.9 Å². The fraction of sp³-hybridized carbons (Fsp3) is 0.889. The first-order valence-corrected chi connectivity index (χ1v) is 5.74. The lowest BCUT2D eigenvalue weighted by Gasteiger charge is -2.35. The van der Waals surface area contributed by atoms with Crippen LogP contribution in [-0.2, 0) is 0 Å². The van der Waals surface area contributed by atoms with Crippen LogP contribution < -0.4 is 5.11 Å². The molecule has 0 aromatic heterocycles. The van der Waals surface area contributed by atoms with Gasteiger partial charge in [-0.1, -0.05) is 15.9 Å². The molecule has 1 rings (SSSR count). The Morgan fingerprint density at radius 2 is 2.23 bits per heavy atom. The largest absolute Gasteiger partial charge is 0.498 e. The van der Waals surface area contributed by atoms with E-state index in [1.54, 1.807) is 0 Å². The maximum atomic E-state index is 11.0. The Kier molecular flexibility index (Phi) is 3.74. The number of nitrogens with zero attached hydrogens (tertiary/aromatic N) is 1. The zero-order valence-electron chi connectivity index (χ0n) is 7.96. The second-order valence-corrected chi connectivity index (χ2v) is 5.00. The molecule has 13 heavy (non-hydrogen) atoms. The highest BCUT2D eigenvalue weighted by Crippen LogP contribution is 2.22. The number of hydrogen-bond donors (Lipinski definition) is 0. The highest BCUT2D eigenvalue weighted by Gasteiger charge is 2.31. The lowest BCUT2D eigenvalue weighted by atomic mass is 10.2. The number of rotatable bonds is 1. The highest BCUT2D eigenvalue weighted by atomic mass is 79.9. The minimum Gasteiger partial charge on any atom is -0.498 e. The summed E-state index contributed by atoms with van der Waals surface area (Å²) in [5.41, 5.74) is 0. The van der Waals surface area contributed by atoms with Crippen LogP contribution in [0.4, 0.5) is 4.79 Å². The summed E-state index contributed by atoms with van der Waals surface area (Å²) in [6.07, 6.45) is 2.07. The number of amides is 1. The summed E-state index contributed by atoms with van der Waals surface area (Å²) in [5.74, 6) is 0. The van der Waals surface area contributed by atoms with Gasteiger partial charge < -0.3 is 9.90 Å².